The molecule has 5 heteroatoms. The van der Waals surface area contributed by atoms with E-state index in [1.54, 1.807) is 0 Å². The molecule has 1 aliphatic rings. The molecule has 1 N–H and O–H groups in total. The third kappa shape index (κ3) is 3.53. The normalized spacial score (nSPS) is 19.7. The third-order valence-corrected chi connectivity index (χ3v) is 3.57. The fourth-order valence-corrected chi connectivity index (χ4v) is 2.55. The van der Waals surface area contributed by atoms with Crippen molar-refractivity contribution in [1.29, 1.82) is 0 Å². The van der Waals surface area contributed by atoms with Gasteiger partial charge in [-0.05, 0) is 24.6 Å². The quantitative estimate of drug-likeness (QED) is 0.665. The van der Waals surface area contributed by atoms with Crippen LogP contribution in [-0.4, -0.2) is 51.1 Å². The highest BCUT2D eigenvalue weighted by atomic mass is 35.5. The number of aliphatic imine (C=N–C) groups is 1. The molecule has 19 heavy (non-hydrogen) atoms. The largest absolute Gasteiger partial charge is 0.369 e. The van der Waals surface area contributed by atoms with Gasteiger partial charge in [0.25, 0.3) is 0 Å². The van der Waals surface area contributed by atoms with Crippen LogP contribution in [0.25, 0.3) is 0 Å². The van der Waals surface area contributed by atoms with E-state index in [-0.39, 0.29) is 0 Å². The highest BCUT2D eigenvalue weighted by Gasteiger charge is 2.23. The minimum absolute atomic E-state index is 0.431. The van der Waals surface area contributed by atoms with E-state index >= 15 is 0 Å². The first-order valence-corrected chi connectivity index (χ1v) is 6.89. The summed E-state index contributed by atoms with van der Waals surface area (Å²) in [4.78, 5) is 8.61. The van der Waals surface area contributed by atoms with Crippen LogP contribution in [0, 0.1) is 0 Å². The van der Waals surface area contributed by atoms with Crippen LogP contribution in [0.1, 0.15) is 6.42 Å². The molecule has 0 amide bonds. The predicted molar refractivity (Wildman–Crippen MR) is 82.3 cm³/mol. The van der Waals surface area contributed by atoms with Gasteiger partial charge in [0.2, 0.25) is 0 Å². The first kappa shape index (κ1) is 14.0. The second-order valence-corrected chi connectivity index (χ2v) is 5.43. The summed E-state index contributed by atoms with van der Waals surface area (Å²) in [6.07, 6.45) is 1.11. The van der Waals surface area contributed by atoms with Crippen LogP contribution >= 0.6 is 11.6 Å². The Balaban J connectivity index is 1.97. The van der Waals surface area contributed by atoms with Crippen molar-refractivity contribution in [2.45, 2.75) is 12.5 Å². The maximum Gasteiger partial charge on any atom is 0.193 e. The van der Waals surface area contributed by atoms with Crippen molar-refractivity contribution in [3.8, 4) is 0 Å². The summed E-state index contributed by atoms with van der Waals surface area (Å²) < 4.78 is 0. The number of hydrogen-bond donors (Lipinski definition) is 1. The van der Waals surface area contributed by atoms with Crippen LogP contribution in [0.3, 0.4) is 0 Å². The van der Waals surface area contributed by atoms with Crippen molar-refractivity contribution in [2.24, 2.45) is 4.99 Å². The molecule has 1 aromatic rings. The SMILES string of the molecule is CN=C(NC1CCN(c2cccc(Cl)c2)C1)N(C)C. The van der Waals surface area contributed by atoms with Crippen LogP contribution in [0.5, 0.6) is 0 Å². The number of rotatable bonds is 2. The Hall–Kier alpha value is -1.42. The van der Waals surface area contributed by atoms with Gasteiger partial charge in [-0.1, -0.05) is 17.7 Å². The predicted octanol–water partition coefficient (Wildman–Crippen LogP) is 2.06. The fraction of sp³-hybridized carbons (Fsp3) is 0.500. The van der Waals surface area contributed by atoms with E-state index < -0.39 is 0 Å². The lowest BCUT2D eigenvalue weighted by molar-refractivity contribution is 0.548. The minimum atomic E-state index is 0.431. The zero-order valence-corrected chi connectivity index (χ0v) is 12.5. The lowest BCUT2D eigenvalue weighted by Crippen LogP contribution is -2.43. The minimum Gasteiger partial charge on any atom is -0.369 e. The number of benzene rings is 1. The monoisotopic (exact) mass is 280 g/mol. The molecule has 4 nitrogen and oxygen atoms in total. The van der Waals surface area contributed by atoms with Crippen LogP contribution in [0.2, 0.25) is 5.02 Å². The zero-order chi connectivity index (χ0) is 13.8. The summed E-state index contributed by atoms with van der Waals surface area (Å²) in [5.74, 6) is 0.929. The molecule has 0 aliphatic carbocycles. The van der Waals surface area contributed by atoms with E-state index in [2.05, 4.69) is 21.3 Å². The van der Waals surface area contributed by atoms with Gasteiger partial charge in [0.15, 0.2) is 5.96 Å². The molecular weight excluding hydrogens is 260 g/mol. The summed E-state index contributed by atoms with van der Waals surface area (Å²) in [6, 6.07) is 8.46. The maximum atomic E-state index is 6.04. The lowest BCUT2D eigenvalue weighted by atomic mass is 10.2. The van der Waals surface area contributed by atoms with Crippen molar-refractivity contribution in [3.63, 3.8) is 0 Å². The molecule has 1 aliphatic heterocycles. The number of guanidine groups is 1. The van der Waals surface area contributed by atoms with Gasteiger partial charge >= 0.3 is 0 Å². The van der Waals surface area contributed by atoms with Crippen LogP contribution in [-0.2, 0) is 0 Å². The lowest BCUT2D eigenvalue weighted by Gasteiger charge is -2.22. The Morgan fingerprint density at radius 1 is 1.47 bits per heavy atom. The van der Waals surface area contributed by atoms with Gasteiger partial charge in [-0.2, -0.15) is 0 Å². The van der Waals surface area contributed by atoms with Crippen molar-refractivity contribution < 1.29 is 0 Å². The Labute approximate surface area is 120 Å². The molecule has 1 fully saturated rings. The van der Waals surface area contributed by atoms with Crippen molar-refractivity contribution >= 4 is 23.2 Å². The van der Waals surface area contributed by atoms with E-state index in [0.29, 0.717) is 6.04 Å². The summed E-state index contributed by atoms with van der Waals surface area (Å²) >= 11 is 6.04. The number of nitrogens with one attached hydrogen (secondary N) is 1. The van der Waals surface area contributed by atoms with Gasteiger partial charge in [-0.3, -0.25) is 4.99 Å². The molecule has 104 valence electrons. The standard InChI is InChI=1S/C14H21ClN4/c1-16-14(18(2)3)17-12-7-8-19(10-12)13-6-4-5-11(15)9-13/h4-6,9,12H,7-8,10H2,1-3H3,(H,16,17). The summed E-state index contributed by atoms with van der Waals surface area (Å²) in [5, 5.41) is 4.27. The number of halogens is 1. The highest BCUT2D eigenvalue weighted by molar-refractivity contribution is 6.30. The summed E-state index contributed by atoms with van der Waals surface area (Å²) in [7, 11) is 5.81. The van der Waals surface area contributed by atoms with Gasteiger partial charge in [-0.15, -0.1) is 0 Å². The number of nitrogens with zero attached hydrogens (tertiary/aromatic N) is 3. The molecule has 0 radical (unpaired) electrons. The van der Waals surface area contributed by atoms with Crippen molar-refractivity contribution in [1.82, 2.24) is 10.2 Å². The van der Waals surface area contributed by atoms with Gasteiger partial charge < -0.3 is 15.1 Å². The van der Waals surface area contributed by atoms with Crippen LogP contribution in [0.4, 0.5) is 5.69 Å². The molecular formula is C14H21ClN4. The topological polar surface area (TPSA) is 30.9 Å². The van der Waals surface area contributed by atoms with Crippen LogP contribution < -0.4 is 10.2 Å². The van der Waals surface area contributed by atoms with E-state index in [4.69, 9.17) is 11.6 Å². The summed E-state index contributed by atoms with van der Waals surface area (Å²) in [6.45, 7) is 2.02. The molecule has 0 spiro atoms. The molecule has 0 saturated carbocycles. The van der Waals surface area contributed by atoms with Gasteiger partial charge in [-0.25, -0.2) is 0 Å². The van der Waals surface area contributed by atoms with Gasteiger partial charge in [0, 0.05) is 51.0 Å². The average Bonchev–Trinajstić information content (AvgIpc) is 2.84. The van der Waals surface area contributed by atoms with E-state index in [9.17, 15) is 0 Å². The molecule has 0 aromatic heterocycles. The maximum absolute atomic E-state index is 6.04. The second kappa shape index (κ2) is 6.15. The van der Waals surface area contributed by atoms with E-state index in [1.165, 1.54) is 5.69 Å². The van der Waals surface area contributed by atoms with E-state index in [0.717, 1.165) is 30.5 Å². The highest BCUT2D eigenvalue weighted by Crippen LogP contribution is 2.23. The number of anilines is 1. The summed E-state index contributed by atoms with van der Waals surface area (Å²) in [5.41, 5.74) is 1.19. The first-order valence-electron chi connectivity index (χ1n) is 6.51. The zero-order valence-electron chi connectivity index (χ0n) is 11.7. The average molecular weight is 281 g/mol. The molecule has 1 saturated heterocycles. The molecule has 1 unspecified atom stereocenters. The van der Waals surface area contributed by atoms with Crippen molar-refractivity contribution in [3.05, 3.63) is 29.3 Å². The molecule has 1 aromatic carbocycles. The van der Waals surface area contributed by atoms with Gasteiger partial charge in [0.05, 0.1) is 0 Å². The smallest absolute Gasteiger partial charge is 0.193 e. The Morgan fingerprint density at radius 2 is 2.26 bits per heavy atom. The van der Waals surface area contributed by atoms with E-state index in [1.807, 2.05) is 44.2 Å². The first-order chi connectivity index (χ1) is 9.10. The Morgan fingerprint density at radius 3 is 2.89 bits per heavy atom. The van der Waals surface area contributed by atoms with Gasteiger partial charge in [0.1, 0.15) is 0 Å². The Bertz CT molecular complexity index is 459. The second-order valence-electron chi connectivity index (χ2n) is 5.00. The molecule has 0 bridgehead atoms. The number of hydrogen-bond acceptors (Lipinski definition) is 2. The Kier molecular flexibility index (Phi) is 4.53. The fourth-order valence-electron chi connectivity index (χ4n) is 2.36. The molecule has 2 rings (SSSR count). The van der Waals surface area contributed by atoms with Crippen LogP contribution in [0.15, 0.2) is 29.3 Å². The molecule has 1 heterocycles. The van der Waals surface area contributed by atoms with Crippen molar-refractivity contribution in [2.75, 3.05) is 39.1 Å². The molecule has 1 atom stereocenters. The third-order valence-electron chi connectivity index (χ3n) is 3.33.